The van der Waals surface area contributed by atoms with Crippen LogP contribution in [0.1, 0.15) is 51.4 Å². The first-order valence-electron chi connectivity index (χ1n) is 6.75. The van der Waals surface area contributed by atoms with E-state index < -0.39 is 0 Å². The molecule has 2 aliphatic rings. The second-order valence-electron chi connectivity index (χ2n) is 5.32. The third-order valence-corrected chi connectivity index (χ3v) is 5.00. The zero-order chi connectivity index (χ0) is 12.1. The highest BCUT2D eigenvalue weighted by atomic mass is 79.9. The average molecular weight is 304 g/mol. The maximum absolute atomic E-state index is 12.2. The Hall–Kier alpha value is -0.0900. The van der Waals surface area contributed by atoms with Crippen LogP contribution in [0.15, 0.2) is 0 Å². The van der Waals surface area contributed by atoms with E-state index >= 15 is 0 Å². The molecule has 1 saturated heterocycles. The summed E-state index contributed by atoms with van der Waals surface area (Å²) in [5, 5.41) is 4.10. The van der Waals surface area contributed by atoms with E-state index in [-0.39, 0.29) is 17.6 Å². The summed E-state index contributed by atoms with van der Waals surface area (Å²) in [7, 11) is 0. The molecular formula is C13H22BrNO2. The molecule has 4 heteroatoms. The van der Waals surface area contributed by atoms with Crippen molar-refractivity contribution in [3.05, 3.63) is 0 Å². The molecule has 1 N–H and O–H groups in total. The van der Waals surface area contributed by atoms with Crippen LogP contribution in [-0.4, -0.2) is 29.5 Å². The second kappa shape index (κ2) is 6.19. The molecule has 0 aromatic carbocycles. The normalized spacial score (nSPS) is 28.6. The molecule has 17 heavy (non-hydrogen) atoms. The molecule has 0 spiro atoms. The van der Waals surface area contributed by atoms with Gasteiger partial charge in [0.25, 0.3) is 0 Å². The van der Waals surface area contributed by atoms with E-state index in [0.29, 0.717) is 0 Å². The Labute approximate surface area is 112 Å². The minimum atomic E-state index is -0.207. The van der Waals surface area contributed by atoms with E-state index in [9.17, 15) is 4.79 Å². The molecule has 0 aromatic heterocycles. The van der Waals surface area contributed by atoms with Crippen LogP contribution >= 0.6 is 15.9 Å². The summed E-state index contributed by atoms with van der Waals surface area (Å²) in [6.45, 7) is 0.736. The fourth-order valence-electron chi connectivity index (χ4n) is 2.81. The van der Waals surface area contributed by atoms with Crippen molar-refractivity contribution in [3.8, 4) is 0 Å². The maximum atomic E-state index is 12.2. The molecule has 1 heterocycles. The van der Waals surface area contributed by atoms with Crippen molar-refractivity contribution in [1.82, 2.24) is 5.32 Å². The Balaban J connectivity index is 1.90. The summed E-state index contributed by atoms with van der Waals surface area (Å²) in [5.74, 6) is 0.103. The molecule has 0 aromatic rings. The van der Waals surface area contributed by atoms with E-state index in [2.05, 4.69) is 21.2 Å². The molecule has 1 atom stereocenters. The summed E-state index contributed by atoms with van der Waals surface area (Å²) in [6.07, 6.45) is 8.80. The maximum Gasteiger partial charge on any atom is 0.249 e. The predicted molar refractivity (Wildman–Crippen MR) is 71.3 cm³/mol. The number of alkyl halides is 1. The lowest BCUT2D eigenvalue weighted by atomic mass is 9.83. The van der Waals surface area contributed by atoms with Crippen molar-refractivity contribution >= 4 is 21.8 Å². The number of rotatable bonds is 3. The molecule has 1 amide bonds. The second-order valence-corrected chi connectivity index (χ2v) is 5.88. The van der Waals surface area contributed by atoms with Crippen molar-refractivity contribution in [2.24, 2.45) is 0 Å². The van der Waals surface area contributed by atoms with Gasteiger partial charge in [-0.05, 0) is 32.1 Å². The van der Waals surface area contributed by atoms with Gasteiger partial charge in [-0.1, -0.05) is 35.2 Å². The van der Waals surface area contributed by atoms with Gasteiger partial charge in [-0.25, -0.2) is 0 Å². The fourth-order valence-corrected chi connectivity index (χ4v) is 3.51. The summed E-state index contributed by atoms with van der Waals surface area (Å²) in [6, 6.07) is 0. The third kappa shape index (κ3) is 3.44. The highest BCUT2D eigenvalue weighted by molar-refractivity contribution is 9.09. The Morgan fingerprint density at radius 1 is 1.24 bits per heavy atom. The summed E-state index contributed by atoms with van der Waals surface area (Å²) in [4.78, 5) is 12.2. The van der Waals surface area contributed by atoms with Crippen LogP contribution in [0.25, 0.3) is 0 Å². The number of carbonyl (C=O) groups excluding carboxylic acids is 1. The van der Waals surface area contributed by atoms with Gasteiger partial charge in [0.05, 0.1) is 0 Å². The number of hydrogen-bond donors (Lipinski definition) is 1. The van der Waals surface area contributed by atoms with Crippen molar-refractivity contribution in [1.29, 1.82) is 0 Å². The van der Waals surface area contributed by atoms with Crippen LogP contribution in [0.4, 0.5) is 0 Å². The molecule has 1 unspecified atom stereocenters. The van der Waals surface area contributed by atoms with Gasteiger partial charge in [0.15, 0.2) is 0 Å². The van der Waals surface area contributed by atoms with Crippen molar-refractivity contribution in [2.75, 3.05) is 11.9 Å². The van der Waals surface area contributed by atoms with Crippen LogP contribution in [0, 0.1) is 0 Å². The Morgan fingerprint density at radius 2 is 2.00 bits per heavy atom. The first kappa shape index (κ1) is 13.3. The van der Waals surface area contributed by atoms with Gasteiger partial charge in [-0.15, -0.1) is 0 Å². The van der Waals surface area contributed by atoms with Crippen LogP contribution in [-0.2, 0) is 9.53 Å². The van der Waals surface area contributed by atoms with E-state index in [1.807, 2.05) is 0 Å². The van der Waals surface area contributed by atoms with Crippen LogP contribution in [0.5, 0.6) is 0 Å². The third-order valence-electron chi connectivity index (χ3n) is 3.93. The van der Waals surface area contributed by atoms with Crippen LogP contribution < -0.4 is 5.32 Å². The van der Waals surface area contributed by atoms with Crippen LogP contribution in [0.2, 0.25) is 0 Å². The van der Waals surface area contributed by atoms with Crippen molar-refractivity contribution < 1.29 is 9.53 Å². The van der Waals surface area contributed by atoms with Gasteiger partial charge in [-0.2, -0.15) is 0 Å². The van der Waals surface area contributed by atoms with Gasteiger partial charge in [0, 0.05) is 17.5 Å². The number of amides is 1. The minimum absolute atomic E-state index is 0.0177. The molecule has 2 fully saturated rings. The summed E-state index contributed by atoms with van der Waals surface area (Å²) in [5.41, 5.74) is -0.0177. The number of ether oxygens (including phenoxy) is 1. The zero-order valence-corrected chi connectivity index (χ0v) is 11.9. The van der Waals surface area contributed by atoms with Gasteiger partial charge >= 0.3 is 0 Å². The molecule has 1 aliphatic heterocycles. The smallest absolute Gasteiger partial charge is 0.249 e. The van der Waals surface area contributed by atoms with Gasteiger partial charge in [0.1, 0.15) is 6.10 Å². The number of carbonyl (C=O) groups is 1. The number of hydrogen-bond acceptors (Lipinski definition) is 2. The lowest BCUT2D eigenvalue weighted by Crippen LogP contribution is -2.54. The number of nitrogens with one attached hydrogen (secondary N) is 1. The quantitative estimate of drug-likeness (QED) is 0.814. The minimum Gasteiger partial charge on any atom is -0.368 e. The predicted octanol–water partition coefficient (Wildman–Crippen LogP) is 2.77. The largest absolute Gasteiger partial charge is 0.368 e. The Kier molecular flexibility index (Phi) is 4.86. The van der Waals surface area contributed by atoms with Crippen molar-refractivity contribution in [2.45, 2.75) is 63.0 Å². The van der Waals surface area contributed by atoms with E-state index in [1.165, 1.54) is 19.3 Å². The summed E-state index contributed by atoms with van der Waals surface area (Å²) < 4.78 is 5.54. The van der Waals surface area contributed by atoms with E-state index in [4.69, 9.17) is 4.74 Å². The topological polar surface area (TPSA) is 38.3 Å². The molecule has 3 nitrogen and oxygen atoms in total. The first-order chi connectivity index (χ1) is 8.26. The Bertz CT molecular complexity index is 258. The van der Waals surface area contributed by atoms with Gasteiger partial charge < -0.3 is 10.1 Å². The zero-order valence-electron chi connectivity index (χ0n) is 10.3. The lowest BCUT2D eigenvalue weighted by molar-refractivity contribution is -0.137. The SMILES string of the molecule is O=C(NC1(CBr)CCCCC1)C1CCCCO1. The monoisotopic (exact) mass is 303 g/mol. The average Bonchev–Trinajstić information content (AvgIpc) is 2.41. The molecule has 0 radical (unpaired) electrons. The van der Waals surface area contributed by atoms with E-state index in [1.54, 1.807) is 0 Å². The Morgan fingerprint density at radius 3 is 2.59 bits per heavy atom. The molecule has 98 valence electrons. The molecule has 1 aliphatic carbocycles. The molecule has 2 rings (SSSR count). The highest BCUT2D eigenvalue weighted by Crippen LogP contribution is 2.30. The number of halogens is 1. The van der Waals surface area contributed by atoms with Gasteiger partial charge in [0.2, 0.25) is 5.91 Å². The van der Waals surface area contributed by atoms with Crippen molar-refractivity contribution in [3.63, 3.8) is 0 Å². The fraction of sp³-hybridized carbons (Fsp3) is 0.923. The molecule has 1 saturated carbocycles. The lowest BCUT2D eigenvalue weighted by Gasteiger charge is -2.38. The standard InChI is InChI=1S/C13H22BrNO2/c14-10-13(7-3-1-4-8-13)15-12(16)11-6-2-5-9-17-11/h11H,1-10H2,(H,15,16). The van der Waals surface area contributed by atoms with Crippen LogP contribution in [0.3, 0.4) is 0 Å². The summed E-state index contributed by atoms with van der Waals surface area (Å²) >= 11 is 3.57. The first-order valence-corrected chi connectivity index (χ1v) is 7.87. The van der Waals surface area contributed by atoms with E-state index in [0.717, 1.165) is 44.0 Å². The molecule has 0 bridgehead atoms. The highest BCUT2D eigenvalue weighted by Gasteiger charge is 2.35. The molecular weight excluding hydrogens is 282 g/mol. The van der Waals surface area contributed by atoms with Gasteiger partial charge in [-0.3, -0.25) is 4.79 Å².